The van der Waals surface area contributed by atoms with E-state index in [1.165, 1.54) is 111 Å². The highest BCUT2D eigenvalue weighted by molar-refractivity contribution is 8.00. The van der Waals surface area contributed by atoms with Crippen LogP contribution in [0.25, 0.3) is 0 Å². The van der Waals surface area contributed by atoms with Crippen molar-refractivity contribution >= 4 is 82.8 Å². The van der Waals surface area contributed by atoms with Gasteiger partial charge in [-0.2, -0.15) is 0 Å². The van der Waals surface area contributed by atoms with Crippen molar-refractivity contribution in [3.63, 3.8) is 0 Å². The maximum atomic E-state index is 12.8. The number of nitrogens with one attached hydrogen (secondary N) is 5. The predicted molar refractivity (Wildman–Crippen MR) is 264 cm³/mol. The van der Waals surface area contributed by atoms with Crippen LogP contribution in [-0.2, 0) is 0 Å². The largest absolute Gasteiger partial charge is 0.478 e. The van der Waals surface area contributed by atoms with Crippen LogP contribution in [0.3, 0.4) is 0 Å². The first kappa shape index (κ1) is 51.6. The van der Waals surface area contributed by atoms with Gasteiger partial charge < -0.3 is 36.6 Å². The van der Waals surface area contributed by atoms with E-state index in [1.807, 2.05) is 20.2 Å². The fourth-order valence-corrected chi connectivity index (χ4v) is 10.5. The lowest BCUT2D eigenvalue weighted by atomic mass is 9.87. The molecule has 4 aromatic rings. The number of anilines is 2. The lowest BCUT2D eigenvalue weighted by molar-refractivity contribution is 0.0694. The Balaban J connectivity index is 0.000000231. The summed E-state index contributed by atoms with van der Waals surface area (Å²) in [5.41, 5.74) is 3.78. The molecule has 66 heavy (non-hydrogen) atoms. The highest BCUT2D eigenvalue weighted by Gasteiger charge is 2.25. The molecule has 2 fully saturated rings. The van der Waals surface area contributed by atoms with Gasteiger partial charge >= 0.3 is 5.97 Å². The highest BCUT2D eigenvalue weighted by atomic mass is 35.5. The van der Waals surface area contributed by atoms with Crippen LogP contribution in [0.2, 0.25) is 0 Å². The molecule has 5 amide bonds. The molecule has 2 heterocycles. The predicted octanol–water partition coefficient (Wildman–Crippen LogP) is 9.86. The van der Waals surface area contributed by atoms with Gasteiger partial charge in [0.15, 0.2) is 0 Å². The van der Waals surface area contributed by atoms with Crippen LogP contribution in [0.4, 0.5) is 11.4 Å². The Morgan fingerprint density at radius 2 is 0.985 bits per heavy atom. The van der Waals surface area contributed by atoms with E-state index in [0.29, 0.717) is 63.1 Å². The number of benzene rings is 4. The normalized spacial score (nSPS) is 15.2. The number of carbonyl (C=O) groups is 6. The quantitative estimate of drug-likeness (QED) is 0.0894. The molecule has 6 N–H and O–H groups in total. The molecule has 0 saturated heterocycles. The van der Waals surface area contributed by atoms with Crippen LogP contribution >= 0.6 is 35.9 Å². The van der Waals surface area contributed by atoms with Crippen molar-refractivity contribution in [1.29, 1.82) is 0 Å². The van der Waals surface area contributed by atoms with E-state index in [9.17, 15) is 33.9 Å². The van der Waals surface area contributed by atoms with Crippen LogP contribution < -0.4 is 26.6 Å². The molecule has 16 heteroatoms. The lowest BCUT2D eigenvalue weighted by Crippen LogP contribution is -2.26. The third-order valence-corrected chi connectivity index (χ3v) is 14.2. The van der Waals surface area contributed by atoms with Gasteiger partial charge in [0.2, 0.25) is 0 Å². The first-order chi connectivity index (χ1) is 31.3. The topological polar surface area (TPSA) is 186 Å². The van der Waals surface area contributed by atoms with E-state index in [0.717, 1.165) is 33.4 Å². The summed E-state index contributed by atoms with van der Waals surface area (Å²) < 4.78 is 0. The van der Waals surface area contributed by atoms with Gasteiger partial charge in [-0.25, -0.2) is 4.79 Å². The molecule has 2 aliphatic carbocycles. The molecule has 0 unspecified atom stereocenters. The van der Waals surface area contributed by atoms with E-state index in [2.05, 4.69) is 26.6 Å². The number of nitrogens with zero attached hydrogens (tertiary/aromatic N) is 1. The molecule has 0 radical (unpaired) electrons. The zero-order valence-electron chi connectivity index (χ0n) is 38.1. The summed E-state index contributed by atoms with van der Waals surface area (Å²) in [5, 5.41) is 23.7. The van der Waals surface area contributed by atoms with Crippen molar-refractivity contribution in [2.75, 3.05) is 51.9 Å². The van der Waals surface area contributed by atoms with Crippen molar-refractivity contribution in [1.82, 2.24) is 20.9 Å². The summed E-state index contributed by atoms with van der Waals surface area (Å²) in [7, 11) is 7.15. The van der Waals surface area contributed by atoms with Gasteiger partial charge in [-0.3, -0.25) is 24.0 Å². The fraction of sp³-hybridized carbons (Fsp3) is 0.400. The van der Waals surface area contributed by atoms with Crippen molar-refractivity contribution in [2.45, 2.75) is 96.6 Å². The van der Waals surface area contributed by atoms with Gasteiger partial charge in [-0.05, 0) is 112 Å². The van der Waals surface area contributed by atoms with Gasteiger partial charge in [0.25, 0.3) is 29.5 Å². The Bertz CT molecular complexity index is 2400. The zero-order chi connectivity index (χ0) is 46.5. The van der Waals surface area contributed by atoms with Gasteiger partial charge in [0.1, 0.15) is 0 Å². The smallest absolute Gasteiger partial charge is 0.335 e. The molecule has 8 rings (SSSR count). The van der Waals surface area contributed by atoms with Crippen molar-refractivity contribution in [3.05, 3.63) is 106 Å². The number of hydrogen-bond acceptors (Lipinski definition) is 9. The first-order valence-corrected chi connectivity index (χ1v) is 24.1. The molecule has 0 bridgehead atoms. The second-order valence-electron chi connectivity index (χ2n) is 17.1. The third kappa shape index (κ3) is 13.8. The summed E-state index contributed by atoms with van der Waals surface area (Å²) in [5.74, 6) is -0.563. The summed E-state index contributed by atoms with van der Waals surface area (Å²) in [6, 6.07) is 20.1. The first-order valence-electron chi connectivity index (χ1n) is 22.5. The Labute approximate surface area is 402 Å². The highest BCUT2D eigenvalue weighted by Crippen LogP contribution is 2.41. The number of carboxylic acids is 1. The summed E-state index contributed by atoms with van der Waals surface area (Å²) in [6.07, 6.45) is 14.9. The van der Waals surface area contributed by atoms with Crippen LogP contribution in [0.15, 0.2) is 92.4 Å². The second-order valence-corrected chi connectivity index (χ2v) is 19.2. The molecule has 352 valence electrons. The molecule has 2 saturated carbocycles. The maximum absolute atomic E-state index is 12.8. The molecule has 0 spiro atoms. The number of carboxylic acid groups (broad SMARTS) is 1. The minimum atomic E-state index is -1.04. The minimum Gasteiger partial charge on any atom is -0.478 e. The van der Waals surface area contributed by atoms with Gasteiger partial charge in [-0.15, -0.1) is 12.4 Å². The zero-order valence-corrected chi connectivity index (χ0v) is 40.5. The molecular weight excluding hydrogens is 896 g/mol. The number of amides is 5. The van der Waals surface area contributed by atoms with Crippen LogP contribution in [-0.4, -0.2) is 86.8 Å². The van der Waals surface area contributed by atoms with E-state index in [1.54, 1.807) is 62.6 Å². The monoisotopic (exact) mass is 956 g/mol. The van der Waals surface area contributed by atoms with E-state index in [-0.39, 0.29) is 47.5 Å². The van der Waals surface area contributed by atoms with Crippen molar-refractivity contribution in [3.8, 4) is 0 Å². The molecular formula is C50H61ClN6O7S2. The fourth-order valence-electron chi connectivity index (χ4n) is 8.38. The Hall–Kier alpha value is -5.35. The second kappa shape index (κ2) is 25.0. The number of rotatable bonds is 10. The maximum Gasteiger partial charge on any atom is 0.335 e. The Morgan fingerprint density at radius 1 is 0.591 bits per heavy atom. The molecule has 0 aromatic heterocycles. The summed E-state index contributed by atoms with van der Waals surface area (Å²) in [4.78, 5) is 78.6. The van der Waals surface area contributed by atoms with Crippen molar-refractivity contribution < 1.29 is 33.9 Å². The van der Waals surface area contributed by atoms with Crippen molar-refractivity contribution in [2.24, 2.45) is 11.8 Å². The number of hydrogen-bond donors (Lipinski definition) is 6. The molecule has 4 aliphatic rings. The molecule has 2 aliphatic heterocycles. The number of fused-ring (bicyclic) bond motifs is 4. The lowest BCUT2D eigenvalue weighted by Gasteiger charge is -2.21. The third-order valence-electron chi connectivity index (χ3n) is 11.9. The average Bonchev–Trinajstić information content (AvgIpc) is 3.54. The molecule has 4 aromatic carbocycles. The van der Waals surface area contributed by atoms with Gasteiger partial charge in [-0.1, -0.05) is 87.7 Å². The van der Waals surface area contributed by atoms with Gasteiger partial charge in [0, 0.05) is 63.5 Å². The molecule has 13 nitrogen and oxygen atoms in total. The summed E-state index contributed by atoms with van der Waals surface area (Å²) >= 11 is 2.74. The number of aromatic carboxylic acids is 1. The van der Waals surface area contributed by atoms with E-state index < -0.39 is 5.97 Å². The number of halogens is 1. The van der Waals surface area contributed by atoms with Crippen LogP contribution in [0, 0.1) is 11.8 Å². The number of carbonyl (C=O) groups excluding carboxylic acids is 5. The van der Waals surface area contributed by atoms with Crippen LogP contribution in [0.1, 0.15) is 139 Å². The van der Waals surface area contributed by atoms with E-state index in [4.69, 9.17) is 0 Å². The molecule has 0 atom stereocenters. The SMILES string of the molecule is CN(C)C(=O)c1ccc2c(c1)Sc1ccc(C(=O)NCCC3CCCCC3)cc1NC2=O.CNC.Cl.O=C(O)c1ccc2c(c1)Sc1ccc(C(=O)NCCC3CCCCC3)cc1NC2=O. The van der Waals surface area contributed by atoms with Crippen LogP contribution in [0.5, 0.6) is 0 Å². The average molecular weight is 958 g/mol. The Morgan fingerprint density at radius 3 is 1.39 bits per heavy atom. The Kier molecular flexibility index (Phi) is 19.5. The minimum absolute atomic E-state index is 0. The van der Waals surface area contributed by atoms with E-state index >= 15 is 0 Å². The summed E-state index contributed by atoms with van der Waals surface area (Å²) in [6.45, 7) is 1.33. The standard InChI is InChI=1S/C25H29N3O3S.C23H24N2O4S.C2H7N.ClH/c1-28(2)25(31)18-8-10-19-22(15-18)32-21-11-9-17(14-20(21)27-24(19)30)23(29)26-13-12-16-6-4-3-5-7-16;26-21(24-11-10-14-4-2-1-3-5-14)15-7-9-19-18(12-15)25-22(27)17-8-6-16(23(28)29)13-20(17)30-19;1-3-2;/h8-11,14-16H,3-7,12-13H2,1-2H3,(H,26,29)(H,27,30);6-9,12-14H,1-5,10-11H2,(H,24,26)(H,25,27)(H,28,29);3H,1-2H3;1H. The van der Waals surface area contributed by atoms with Gasteiger partial charge in [0.05, 0.1) is 28.1 Å².